The van der Waals surface area contributed by atoms with Crippen LogP contribution < -0.4 is 10.6 Å². The number of ether oxygens (including phenoxy) is 1. The molecule has 184 valence electrons. The summed E-state index contributed by atoms with van der Waals surface area (Å²) in [7, 11) is 0. The van der Waals surface area contributed by atoms with Crippen LogP contribution in [0.15, 0.2) is 48.5 Å². The van der Waals surface area contributed by atoms with Crippen molar-refractivity contribution in [2.75, 3.05) is 18.6 Å². The fraction of sp³-hybridized carbons (Fsp3) is 0.444. The maximum atomic E-state index is 12.9. The van der Waals surface area contributed by atoms with Gasteiger partial charge < -0.3 is 20.5 Å². The predicted octanol–water partition coefficient (Wildman–Crippen LogP) is 4.02. The van der Waals surface area contributed by atoms with E-state index in [9.17, 15) is 19.5 Å². The van der Waals surface area contributed by atoms with Crippen LogP contribution in [0.5, 0.6) is 0 Å². The molecule has 0 aliphatic heterocycles. The molecule has 4 atom stereocenters. The van der Waals surface area contributed by atoms with E-state index in [-0.39, 0.29) is 30.4 Å². The predicted molar refractivity (Wildman–Crippen MR) is 134 cm³/mol. The van der Waals surface area contributed by atoms with Gasteiger partial charge in [0.2, 0.25) is 5.91 Å². The molecule has 2 saturated carbocycles. The number of nitrogens with one attached hydrogen (secondary N) is 2. The van der Waals surface area contributed by atoms with Crippen LogP contribution in [0.1, 0.15) is 42.7 Å². The summed E-state index contributed by atoms with van der Waals surface area (Å²) in [5, 5.41) is 15.1. The van der Waals surface area contributed by atoms with E-state index < -0.39 is 23.5 Å². The van der Waals surface area contributed by atoms with Crippen molar-refractivity contribution in [1.29, 1.82) is 0 Å². The van der Waals surface area contributed by atoms with Gasteiger partial charge >= 0.3 is 12.1 Å². The topological polar surface area (TPSA) is 105 Å². The summed E-state index contributed by atoms with van der Waals surface area (Å²) in [5.41, 5.74) is 4.12. The summed E-state index contributed by atoms with van der Waals surface area (Å²) in [4.78, 5) is 37.1. The van der Waals surface area contributed by atoms with Gasteiger partial charge in [0.05, 0.1) is 5.41 Å². The molecule has 0 spiro atoms. The summed E-state index contributed by atoms with van der Waals surface area (Å²) in [6.45, 7) is 0.247. The Balaban J connectivity index is 1.15. The summed E-state index contributed by atoms with van der Waals surface area (Å²) in [5.74, 6) is -0.368. The van der Waals surface area contributed by atoms with Gasteiger partial charge in [-0.2, -0.15) is 11.8 Å². The molecule has 3 N–H and O–H groups in total. The molecule has 35 heavy (non-hydrogen) atoms. The van der Waals surface area contributed by atoms with Crippen molar-refractivity contribution in [1.82, 2.24) is 10.6 Å². The first-order valence-electron chi connectivity index (χ1n) is 12.1. The zero-order chi connectivity index (χ0) is 24.6. The number of rotatable bonds is 9. The second-order valence-electron chi connectivity index (χ2n) is 9.81. The number of carboxylic acid groups (broad SMARTS) is 1. The van der Waals surface area contributed by atoms with E-state index in [1.165, 1.54) is 11.1 Å². The van der Waals surface area contributed by atoms with E-state index in [1.54, 1.807) is 11.8 Å². The largest absolute Gasteiger partial charge is 0.480 e. The van der Waals surface area contributed by atoms with E-state index in [2.05, 4.69) is 34.9 Å². The number of thioether (sulfide) groups is 1. The quantitative estimate of drug-likeness (QED) is 0.487. The van der Waals surface area contributed by atoms with Gasteiger partial charge in [0.1, 0.15) is 12.6 Å². The highest BCUT2D eigenvalue weighted by Crippen LogP contribution is 2.63. The first kappa shape index (κ1) is 23.7. The Kier molecular flexibility index (Phi) is 6.49. The van der Waals surface area contributed by atoms with E-state index in [0.717, 1.165) is 17.5 Å². The molecule has 5 rings (SSSR count). The standard InChI is InChI=1S/C27H30N2O5S/c1-35-11-10-23(24(30)31)29-25(32)27-13-16(27)12-17(14-27)28-26(33)34-15-22-20-8-4-2-6-18(20)19-7-3-5-9-21(19)22/h2-9,16-17,22-23H,10-15H2,1H3,(H,28,33)(H,29,32)(H,30,31)/t16-,17+,23-,27+/m0/s1. The number of aliphatic carboxylic acids is 1. The maximum Gasteiger partial charge on any atom is 0.407 e. The van der Waals surface area contributed by atoms with Crippen LogP contribution in [0.4, 0.5) is 4.79 Å². The van der Waals surface area contributed by atoms with Crippen LogP contribution in [-0.4, -0.2) is 53.8 Å². The second kappa shape index (κ2) is 9.57. The van der Waals surface area contributed by atoms with Gasteiger partial charge in [0.15, 0.2) is 0 Å². The molecular weight excluding hydrogens is 464 g/mol. The normalized spacial score (nSPS) is 24.6. The Bertz CT molecular complexity index is 1110. The van der Waals surface area contributed by atoms with Crippen molar-refractivity contribution in [3.63, 3.8) is 0 Å². The van der Waals surface area contributed by atoms with Crippen LogP contribution in [0.25, 0.3) is 11.1 Å². The third kappa shape index (κ3) is 4.51. The van der Waals surface area contributed by atoms with Gasteiger partial charge in [0, 0.05) is 12.0 Å². The van der Waals surface area contributed by atoms with E-state index in [0.29, 0.717) is 25.0 Å². The average Bonchev–Trinajstić information content (AvgIpc) is 3.28. The van der Waals surface area contributed by atoms with Crippen molar-refractivity contribution >= 4 is 29.7 Å². The van der Waals surface area contributed by atoms with Crippen molar-refractivity contribution in [3.05, 3.63) is 59.7 Å². The van der Waals surface area contributed by atoms with Crippen LogP contribution in [0.3, 0.4) is 0 Å². The zero-order valence-corrected chi connectivity index (χ0v) is 20.5. The third-order valence-electron chi connectivity index (χ3n) is 7.74. The molecule has 0 unspecified atom stereocenters. The van der Waals surface area contributed by atoms with Gasteiger partial charge in [-0.25, -0.2) is 9.59 Å². The number of benzene rings is 2. The fourth-order valence-electron chi connectivity index (χ4n) is 5.89. The molecular formula is C27H30N2O5S. The Hall–Kier alpha value is -3.00. The lowest BCUT2D eigenvalue weighted by molar-refractivity contribution is -0.142. The van der Waals surface area contributed by atoms with E-state index in [1.807, 2.05) is 30.5 Å². The maximum absolute atomic E-state index is 12.9. The number of hydrogen-bond acceptors (Lipinski definition) is 5. The van der Waals surface area contributed by atoms with E-state index >= 15 is 0 Å². The first-order valence-corrected chi connectivity index (χ1v) is 13.5. The average molecular weight is 495 g/mol. The SMILES string of the molecule is CSCC[C@H](NC(=O)[C@]12C[C@H](NC(=O)OCC3c4ccccc4-c4ccccc43)C[C@H]1C2)C(=O)O. The lowest BCUT2D eigenvalue weighted by Crippen LogP contribution is -2.45. The van der Waals surface area contributed by atoms with Crippen LogP contribution in [0, 0.1) is 11.3 Å². The molecule has 8 heteroatoms. The Morgan fingerprint density at radius 2 is 1.74 bits per heavy atom. The van der Waals surface area contributed by atoms with Gasteiger partial charge in [-0.15, -0.1) is 0 Å². The number of fused-ring (bicyclic) bond motifs is 4. The van der Waals surface area contributed by atoms with Crippen LogP contribution >= 0.6 is 11.8 Å². The van der Waals surface area contributed by atoms with Crippen molar-refractivity contribution < 1.29 is 24.2 Å². The molecule has 2 amide bonds. The highest BCUT2D eigenvalue weighted by molar-refractivity contribution is 7.98. The highest BCUT2D eigenvalue weighted by Gasteiger charge is 2.65. The lowest BCUT2D eigenvalue weighted by Gasteiger charge is -2.21. The van der Waals surface area contributed by atoms with Crippen molar-refractivity contribution in [2.24, 2.45) is 11.3 Å². The number of alkyl carbamates (subject to hydrolysis) is 1. The molecule has 7 nitrogen and oxygen atoms in total. The van der Waals surface area contributed by atoms with Crippen LogP contribution in [0.2, 0.25) is 0 Å². The number of hydrogen-bond donors (Lipinski definition) is 3. The monoisotopic (exact) mass is 494 g/mol. The highest BCUT2D eigenvalue weighted by atomic mass is 32.2. The van der Waals surface area contributed by atoms with Gasteiger partial charge in [-0.3, -0.25) is 4.79 Å². The molecule has 2 aromatic carbocycles. The fourth-order valence-corrected chi connectivity index (χ4v) is 6.36. The molecule has 0 saturated heterocycles. The Labute approximate surface area is 209 Å². The minimum Gasteiger partial charge on any atom is -0.480 e. The summed E-state index contributed by atoms with van der Waals surface area (Å²) in [6, 6.07) is 15.4. The van der Waals surface area contributed by atoms with Gasteiger partial charge in [-0.1, -0.05) is 48.5 Å². The molecule has 2 fully saturated rings. The second-order valence-corrected chi connectivity index (χ2v) is 10.8. The van der Waals surface area contributed by atoms with Crippen LogP contribution in [-0.2, 0) is 14.3 Å². The smallest absolute Gasteiger partial charge is 0.407 e. The Morgan fingerprint density at radius 1 is 1.09 bits per heavy atom. The number of carbonyl (C=O) groups excluding carboxylic acids is 2. The molecule has 0 aromatic heterocycles. The molecule has 0 heterocycles. The summed E-state index contributed by atoms with van der Waals surface area (Å²) < 4.78 is 5.65. The zero-order valence-electron chi connectivity index (χ0n) is 19.7. The minimum atomic E-state index is -1.01. The molecule has 0 radical (unpaired) electrons. The number of carboxylic acids is 1. The minimum absolute atomic E-state index is 0.00325. The van der Waals surface area contributed by atoms with Gasteiger partial charge in [0.25, 0.3) is 0 Å². The van der Waals surface area contributed by atoms with E-state index in [4.69, 9.17) is 4.74 Å². The summed E-state index contributed by atoms with van der Waals surface area (Å²) in [6.07, 6.45) is 3.80. The number of amides is 2. The molecule has 3 aliphatic rings. The first-order chi connectivity index (χ1) is 16.9. The number of carbonyl (C=O) groups is 3. The van der Waals surface area contributed by atoms with Gasteiger partial charge in [-0.05, 0) is 65.9 Å². The summed E-state index contributed by atoms with van der Waals surface area (Å²) >= 11 is 1.55. The van der Waals surface area contributed by atoms with Crippen molar-refractivity contribution in [3.8, 4) is 11.1 Å². The molecule has 3 aliphatic carbocycles. The lowest BCUT2D eigenvalue weighted by atomic mass is 9.98. The third-order valence-corrected chi connectivity index (χ3v) is 8.39. The van der Waals surface area contributed by atoms with Crippen molar-refractivity contribution in [2.45, 2.75) is 43.7 Å². The molecule has 2 aromatic rings. The molecule has 0 bridgehead atoms. The Morgan fingerprint density at radius 3 is 2.37 bits per heavy atom.